The zero-order valence-electron chi connectivity index (χ0n) is 15.4. The van der Waals surface area contributed by atoms with Gasteiger partial charge < -0.3 is 14.5 Å². The highest BCUT2D eigenvalue weighted by Crippen LogP contribution is 2.41. The number of ether oxygens (including phenoxy) is 1. The van der Waals surface area contributed by atoms with Gasteiger partial charge in [0, 0.05) is 31.5 Å². The Labute approximate surface area is 159 Å². The van der Waals surface area contributed by atoms with Crippen LogP contribution < -0.4 is 0 Å². The standard InChI is InChI=1S/C21H25N3O3/c25-18-13-27-20(21(26)23-11-15-4-1-2-5-16(15)12-23)19(24(18)17-7-8-17)14-6-3-9-22-10-14/h1-3,6,9-10,15-17,19-20H,4-5,7-8,11-13H2/t15-,16+,19-,20+/m1/s1. The molecule has 4 aliphatic rings. The number of carbonyl (C=O) groups is 2. The first-order valence-corrected chi connectivity index (χ1v) is 9.99. The van der Waals surface area contributed by atoms with Gasteiger partial charge in [0.2, 0.25) is 5.91 Å². The van der Waals surface area contributed by atoms with Crippen LogP contribution in [0.5, 0.6) is 0 Å². The molecule has 5 rings (SSSR count). The Balaban J connectivity index is 1.42. The summed E-state index contributed by atoms with van der Waals surface area (Å²) in [4.78, 5) is 34.1. The van der Waals surface area contributed by atoms with E-state index in [1.807, 2.05) is 21.9 Å². The molecule has 2 aliphatic heterocycles. The van der Waals surface area contributed by atoms with Gasteiger partial charge in [-0.15, -0.1) is 0 Å². The molecule has 0 bridgehead atoms. The number of morpholine rings is 1. The number of aromatic nitrogens is 1. The van der Waals surface area contributed by atoms with Crippen LogP contribution in [-0.4, -0.2) is 58.4 Å². The summed E-state index contributed by atoms with van der Waals surface area (Å²) in [7, 11) is 0. The maximum absolute atomic E-state index is 13.4. The molecule has 4 atom stereocenters. The molecular formula is C21H25N3O3. The van der Waals surface area contributed by atoms with E-state index in [0.717, 1.165) is 44.3 Å². The van der Waals surface area contributed by atoms with Crippen molar-refractivity contribution in [1.82, 2.24) is 14.8 Å². The molecule has 6 nitrogen and oxygen atoms in total. The molecule has 0 unspecified atom stereocenters. The average molecular weight is 367 g/mol. The molecule has 2 saturated heterocycles. The highest BCUT2D eigenvalue weighted by molar-refractivity contribution is 5.87. The Morgan fingerprint density at radius 2 is 1.89 bits per heavy atom. The molecule has 0 spiro atoms. The Morgan fingerprint density at radius 1 is 1.15 bits per heavy atom. The van der Waals surface area contributed by atoms with E-state index in [9.17, 15) is 9.59 Å². The number of hydrogen-bond acceptors (Lipinski definition) is 4. The SMILES string of the molecule is O=C([C@H]1OCC(=O)N(C2CC2)[C@@H]1c1cccnc1)N1C[C@H]2CC=CC[C@H]2C1. The summed E-state index contributed by atoms with van der Waals surface area (Å²) in [5, 5.41) is 0. The van der Waals surface area contributed by atoms with Gasteiger partial charge in [-0.3, -0.25) is 14.6 Å². The van der Waals surface area contributed by atoms with Crippen LogP contribution in [0, 0.1) is 11.8 Å². The van der Waals surface area contributed by atoms with E-state index in [4.69, 9.17) is 4.74 Å². The van der Waals surface area contributed by atoms with Crippen LogP contribution in [0.2, 0.25) is 0 Å². The number of nitrogens with zero attached hydrogens (tertiary/aromatic N) is 3. The molecule has 6 heteroatoms. The van der Waals surface area contributed by atoms with Crippen molar-refractivity contribution in [2.45, 2.75) is 43.9 Å². The van der Waals surface area contributed by atoms with Gasteiger partial charge in [-0.25, -0.2) is 0 Å². The van der Waals surface area contributed by atoms with Crippen LogP contribution >= 0.6 is 0 Å². The minimum atomic E-state index is -0.638. The zero-order chi connectivity index (χ0) is 18.4. The van der Waals surface area contributed by atoms with Gasteiger partial charge in [-0.05, 0) is 49.1 Å². The van der Waals surface area contributed by atoms with E-state index in [-0.39, 0.29) is 30.5 Å². The zero-order valence-corrected chi connectivity index (χ0v) is 15.4. The van der Waals surface area contributed by atoms with Crippen LogP contribution in [0.25, 0.3) is 0 Å². The molecule has 1 aromatic rings. The molecule has 27 heavy (non-hydrogen) atoms. The molecule has 1 aromatic heterocycles. The van der Waals surface area contributed by atoms with Crippen molar-refractivity contribution in [2.75, 3.05) is 19.7 Å². The van der Waals surface area contributed by atoms with Gasteiger partial charge in [-0.1, -0.05) is 18.2 Å². The second kappa shape index (κ2) is 6.75. The quantitative estimate of drug-likeness (QED) is 0.766. The lowest BCUT2D eigenvalue weighted by Crippen LogP contribution is -2.55. The van der Waals surface area contributed by atoms with Crippen molar-refractivity contribution in [3.63, 3.8) is 0 Å². The van der Waals surface area contributed by atoms with E-state index in [0.29, 0.717) is 11.8 Å². The Kier molecular flexibility index (Phi) is 4.23. The number of fused-ring (bicyclic) bond motifs is 1. The third-order valence-corrected chi connectivity index (χ3v) is 6.40. The monoisotopic (exact) mass is 367 g/mol. The number of carbonyl (C=O) groups excluding carboxylic acids is 2. The lowest BCUT2D eigenvalue weighted by molar-refractivity contribution is -0.170. The number of rotatable bonds is 3. The van der Waals surface area contributed by atoms with Gasteiger partial charge in [0.25, 0.3) is 5.91 Å². The normalized spacial score (nSPS) is 33.3. The lowest BCUT2D eigenvalue weighted by Gasteiger charge is -2.41. The minimum absolute atomic E-state index is 0.00801. The van der Waals surface area contributed by atoms with Crippen molar-refractivity contribution >= 4 is 11.8 Å². The highest BCUT2D eigenvalue weighted by Gasteiger charge is 2.49. The predicted octanol–water partition coefficient (Wildman–Crippen LogP) is 1.94. The molecule has 3 heterocycles. The summed E-state index contributed by atoms with van der Waals surface area (Å²) >= 11 is 0. The summed E-state index contributed by atoms with van der Waals surface area (Å²) in [5.41, 5.74) is 0.883. The topological polar surface area (TPSA) is 62.7 Å². The van der Waals surface area contributed by atoms with Gasteiger partial charge in [0.15, 0.2) is 6.10 Å². The molecule has 0 radical (unpaired) electrons. The van der Waals surface area contributed by atoms with E-state index >= 15 is 0 Å². The first kappa shape index (κ1) is 16.9. The largest absolute Gasteiger partial charge is 0.356 e. The Morgan fingerprint density at radius 3 is 2.52 bits per heavy atom. The smallest absolute Gasteiger partial charge is 0.254 e. The molecule has 2 amide bonds. The number of likely N-dealkylation sites (tertiary alicyclic amines) is 1. The maximum Gasteiger partial charge on any atom is 0.254 e. The lowest BCUT2D eigenvalue weighted by atomic mass is 9.86. The van der Waals surface area contributed by atoms with Gasteiger partial charge >= 0.3 is 0 Å². The fourth-order valence-electron chi connectivity index (χ4n) is 4.88. The van der Waals surface area contributed by atoms with Crippen LogP contribution in [0.1, 0.15) is 37.3 Å². The second-order valence-corrected chi connectivity index (χ2v) is 8.20. The summed E-state index contributed by atoms with van der Waals surface area (Å²) in [6, 6.07) is 3.66. The highest BCUT2D eigenvalue weighted by atomic mass is 16.5. The third-order valence-electron chi connectivity index (χ3n) is 6.40. The molecule has 0 N–H and O–H groups in total. The van der Waals surface area contributed by atoms with Crippen molar-refractivity contribution in [3.8, 4) is 0 Å². The summed E-state index contributed by atoms with van der Waals surface area (Å²) < 4.78 is 5.87. The van der Waals surface area contributed by atoms with Crippen LogP contribution in [-0.2, 0) is 14.3 Å². The fourth-order valence-corrected chi connectivity index (χ4v) is 4.88. The fraction of sp³-hybridized carbons (Fsp3) is 0.571. The summed E-state index contributed by atoms with van der Waals surface area (Å²) in [5.74, 6) is 1.12. The second-order valence-electron chi connectivity index (χ2n) is 8.20. The Bertz CT molecular complexity index is 745. The van der Waals surface area contributed by atoms with E-state index in [2.05, 4.69) is 17.1 Å². The predicted molar refractivity (Wildman–Crippen MR) is 98.5 cm³/mol. The molecule has 142 valence electrons. The molecular weight excluding hydrogens is 342 g/mol. The van der Waals surface area contributed by atoms with Crippen LogP contribution in [0.4, 0.5) is 0 Å². The number of hydrogen-bond donors (Lipinski definition) is 0. The van der Waals surface area contributed by atoms with Crippen LogP contribution in [0.15, 0.2) is 36.7 Å². The van der Waals surface area contributed by atoms with E-state index in [1.165, 1.54) is 0 Å². The van der Waals surface area contributed by atoms with Crippen molar-refractivity contribution in [1.29, 1.82) is 0 Å². The number of pyridine rings is 1. The van der Waals surface area contributed by atoms with Crippen molar-refractivity contribution in [3.05, 3.63) is 42.2 Å². The van der Waals surface area contributed by atoms with E-state index < -0.39 is 6.10 Å². The van der Waals surface area contributed by atoms with Crippen molar-refractivity contribution in [2.24, 2.45) is 11.8 Å². The van der Waals surface area contributed by atoms with Gasteiger partial charge in [-0.2, -0.15) is 0 Å². The first-order valence-electron chi connectivity index (χ1n) is 9.99. The summed E-state index contributed by atoms with van der Waals surface area (Å²) in [6.45, 7) is 1.58. The van der Waals surface area contributed by atoms with Crippen LogP contribution in [0.3, 0.4) is 0 Å². The third kappa shape index (κ3) is 3.06. The average Bonchev–Trinajstić information content (AvgIpc) is 3.45. The van der Waals surface area contributed by atoms with Crippen molar-refractivity contribution < 1.29 is 14.3 Å². The minimum Gasteiger partial charge on any atom is -0.356 e. The summed E-state index contributed by atoms with van der Waals surface area (Å²) in [6.07, 6.45) is 11.4. The number of allylic oxidation sites excluding steroid dienone is 2. The van der Waals surface area contributed by atoms with E-state index in [1.54, 1.807) is 12.4 Å². The van der Waals surface area contributed by atoms with Gasteiger partial charge in [0.1, 0.15) is 6.61 Å². The Hall–Kier alpha value is -2.21. The maximum atomic E-state index is 13.4. The van der Waals surface area contributed by atoms with Gasteiger partial charge in [0.05, 0.1) is 6.04 Å². The first-order chi connectivity index (χ1) is 13.2. The molecule has 3 fully saturated rings. The number of amides is 2. The molecule has 0 aromatic carbocycles. The molecule has 2 aliphatic carbocycles. The molecule has 1 saturated carbocycles.